The molecule has 103 valence electrons. The molecule has 1 aliphatic carbocycles. The maximum Gasteiger partial charge on any atom is 3.00 e. The van der Waals surface area contributed by atoms with Crippen molar-refractivity contribution in [1.82, 2.24) is 0 Å². The fourth-order valence-corrected chi connectivity index (χ4v) is 2.54. The van der Waals surface area contributed by atoms with Crippen molar-refractivity contribution in [2.45, 2.75) is 45.4 Å². The van der Waals surface area contributed by atoms with Crippen LogP contribution in [0, 0.1) is 0 Å². The van der Waals surface area contributed by atoms with Gasteiger partial charge in [0.15, 0.2) is 0 Å². The van der Waals surface area contributed by atoms with Crippen molar-refractivity contribution in [2.24, 2.45) is 0 Å². The van der Waals surface area contributed by atoms with Crippen LogP contribution < -0.4 is 24.8 Å². The summed E-state index contributed by atoms with van der Waals surface area (Å²) in [5.41, 5.74) is 4.59. The Bertz CT molecular complexity index is 390. The van der Waals surface area contributed by atoms with Crippen molar-refractivity contribution in [3.8, 4) is 0 Å². The Morgan fingerprint density at radius 1 is 1.00 bits per heavy atom. The third-order valence-electron chi connectivity index (χ3n) is 3.39. The van der Waals surface area contributed by atoms with E-state index in [1.807, 2.05) is 0 Å². The molecule has 19 heavy (non-hydrogen) atoms. The van der Waals surface area contributed by atoms with Crippen molar-refractivity contribution in [2.75, 3.05) is 0 Å². The first-order valence-electron chi connectivity index (χ1n) is 6.25. The summed E-state index contributed by atoms with van der Waals surface area (Å²) in [6.45, 7) is 9.13. The fourth-order valence-electron chi connectivity index (χ4n) is 2.54. The first-order chi connectivity index (χ1) is 7.61. The van der Waals surface area contributed by atoms with Gasteiger partial charge in [0.25, 0.3) is 0 Å². The minimum atomic E-state index is 0. The molecule has 0 heterocycles. The fraction of sp³-hybridized carbons (Fsp3) is 0.438. The number of rotatable bonds is 3. The van der Waals surface area contributed by atoms with E-state index in [1.54, 1.807) is 5.56 Å². The SMILES string of the molecule is CC(C)c1cc[c-](C(C)C)c1C1C=CC=C1.[Cl-].[Cl-].[Zr+3]. The molecular weight excluding hydrogens is 354 g/mol. The van der Waals surface area contributed by atoms with Crippen molar-refractivity contribution in [1.29, 1.82) is 0 Å². The topological polar surface area (TPSA) is 0 Å². The predicted octanol–water partition coefficient (Wildman–Crippen LogP) is -1.13. The molecule has 1 radical (unpaired) electrons. The second-order valence-corrected chi connectivity index (χ2v) is 5.26. The summed E-state index contributed by atoms with van der Waals surface area (Å²) in [5, 5.41) is 0. The third-order valence-corrected chi connectivity index (χ3v) is 3.39. The van der Waals surface area contributed by atoms with E-state index in [4.69, 9.17) is 0 Å². The molecule has 0 saturated heterocycles. The van der Waals surface area contributed by atoms with Crippen LogP contribution in [0.5, 0.6) is 0 Å². The second kappa shape index (κ2) is 9.27. The maximum atomic E-state index is 2.31. The molecular formula is C16H21Cl2Zr. The van der Waals surface area contributed by atoms with Gasteiger partial charge in [0.1, 0.15) is 0 Å². The van der Waals surface area contributed by atoms with Gasteiger partial charge in [-0.05, 0) is 5.92 Å². The summed E-state index contributed by atoms with van der Waals surface area (Å²) in [4.78, 5) is 0. The van der Waals surface area contributed by atoms with Crippen LogP contribution in [0.25, 0.3) is 0 Å². The van der Waals surface area contributed by atoms with Crippen LogP contribution >= 0.6 is 0 Å². The Morgan fingerprint density at radius 2 is 1.53 bits per heavy atom. The smallest absolute Gasteiger partial charge is 1.00 e. The first-order valence-corrected chi connectivity index (χ1v) is 6.25. The molecule has 0 aromatic heterocycles. The van der Waals surface area contributed by atoms with E-state index in [2.05, 4.69) is 64.1 Å². The average Bonchev–Trinajstić information content (AvgIpc) is 2.85. The van der Waals surface area contributed by atoms with Crippen molar-refractivity contribution < 1.29 is 51.0 Å². The molecule has 0 amide bonds. The monoisotopic (exact) mass is 373 g/mol. The Balaban J connectivity index is 0. The molecule has 0 fully saturated rings. The third kappa shape index (κ3) is 4.66. The normalized spacial score (nSPS) is 13.4. The molecule has 0 N–H and O–H groups in total. The minimum Gasteiger partial charge on any atom is -1.00 e. The predicted molar refractivity (Wildman–Crippen MR) is 71.2 cm³/mol. The van der Waals surface area contributed by atoms with Crippen LogP contribution in [0.4, 0.5) is 0 Å². The Hall–Kier alpha value is 0.293. The largest absolute Gasteiger partial charge is 3.00 e. The van der Waals surface area contributed by atoms with Gasteiger partial charge in [0.2, 0.25) is 0 Å². The molecule has 1 aromatic rings. The van der Waals surface area contributed by atoms with Crippen molar-refractivity contribution >= 4 is 0 Å². The van der Waals surface area contributed by atoms with Gasteiger partial charge in [-0.2, -0.15) is 22.8 Å². The molecule has 1 aromatic carbocycles. The van der Waals surface area contributed by atoms with Crippen LogP contribution in [0.3, 0.4) is 0 Å². The van der Waals surface area contributed by atoms with Crippen molar-refractivity contribution in [3.05, 3.63) is 53.1 Å². The molecule has 0 saturated carbocycles. The summed E-state index contributed by atoms with van der Waals surface area (Å²) in [5.74, 6) is 1.74. The van der Waals surface area contributed by atoms with Gasteiger partial charge in [-0.25, -0.2) is 6.07 Å². The van der Waals surface area contributed by atoms with E-state index in [1.165, 1.54) is 11.1 Å². The molecule has 0 unspecified atom stereocenters. The minimum absolute atomic E-state index is 0. The van der Waals surface area contributed by atoms with Gasteiger partial charge in [0, 0.05) is 0 Å². The van der Waals surface area contributed by atoms with E-state index >= 15 is 0 Å². The second-order valence-electron chi connectivity index (χ2n) is 5.26. The van der Waals surface area contributed by atoms with E-state index in [9.17, 15) is 0 Å². The van der Waals surface area contributed by atoms with Gasteiger partial charge < -0.3 is 24.8 Å². The Morgan fingerprint density at radius 3 is 1.95 bits per heavy atom. The zero-order chi connectivity index (χ0) is 11.7. The van der Waals surface area contributed by atoms with Gasteiger partial charge in [-0.15, -0.1) is 0 Å². The summed E-state index contributed by atoms with van der Waals surface area (Å²) < 4.78 is 0. The Labute approximate surface area is 149 Å². The van der Waals surface area contributed by atoms with E-state index in [0.29, 0.717) is 17.8 Å². The molecule has 0 aliphatic heterocycles. The molecule has 0 bridgehead atoms. The van der Waals surface area contributed by atoms with Crippen molar-refractivity contribution in [3.63, 3.8) is 0 Å². The summed E-state index contributed by atoms with van der Waals surface area (Å²) in [7, 11) is 0. The van der Waals surface area contributed by atoms with Gasteiger partial charge in [-0.1, -0.05) is 63.8 Å². The summed E-state index contributed by atoms with van der Waals surface area (Å²) >= 11 is 0. The number of hydrogen-bond donors (Lipinski definition) is 0. The zero-order valence-electron chi connectivity index (χ0n) is 12.0. The van der Waals surface area contributed by atoms with E-state index in [-0.39, 0.29) is 51.0 Å². The molecule has 0 spiro atoms. The molecule has 0 nitrogen and oxygen atoms in total. The van der Waals surface area contributed by atoms with Crippen LogP contribution in [0.2, 0.25) is 0 Å². The van der Waals surface area contributed by atoms with E-state index in [0.717, 1.165) is 0 Å². The van der Waals surface area contributed by atoms with E-state index < -0.39 is 0 Å². The number of halogens is 2. The molecule has 2 rings (SSSR count). The van der Waals surface area contributed by atoms with Gasteiger partial charge in [0.05, 0.1) is 0 Å². The summed E-state index contributed by atoms with van der Waals surface area (Å²) in [6, 6.07) is 4.63. The number of hydrogen-bond acceptors (Lipinski definition) is 0. The zero-order valence-corrected chi connectivity index (χ0v) is 15.9. The van der Waals surface area contributed by atoms with Crippen LogP contribution in [-0.2, 0) is 26.2 Å². The van der Waals surface area contributed by atoms with Crippen LogP contribution in [-0.4, -0.2) is 0 Å². The standard InChI is InChI=1S/C16H21.2ClH.Zr/c1-11(2)14-9-10-15(12(3)4)16(14)13-7-5-6-8-13;;;/h5-13H,1-4H3;2*1H;/q-1;;;+3/p-2. The molecule has 3 heteroatoms. The van der Waals surface area contributed by atoms with Gasteiger partial charge >= 0.3 is 26.2 Å². The van der Waals surface area contributed by atoms with Crippen LogP contribution in [0.1, 0.15) is 62.1 Å². The summed E-state index contributed by atoms with van der Waals surface area (Å²) in [6.07, 6.45) is 8.91. The quantitative estimate of drug-likeness (QED) is 0.587. The average molecular weight is 375 g/mol. The first kappa shape index (κ1) is 21.6. The molecule has 0 atom stereocenters. The maximum absolute atomic E-state index is 2.31. The van der Waals surface area contributed by atoms with Gasteiger partial charge in [-0.3, -0.25) is 0 Å². The Kier molecular flexibility index (Phi) is 10.5. The number of allylic oxidation sites excluding steroid dienone is 4. The molecule has 1 aliphatic rings. The van der Waals surface area contributed by atoms with Crippen LogP contribution in [0.15, 0.2) is 36.4 Å².